The van der Waals surface area contributed by atoms with Gasteiger partial charge >= 0.3 is 11.7 Å². The standard InChI is InChI=1S/C24H15F4N5O4/c1-13-6-14(10-29)8-18(7-13)37-20-21(24(26,27)28)30-12-33(23(20)35)11-16-9-19(22(34)32-31-16)36-17-4-2-15(25)3-5-17/h2-9,12H,11H2,1H3,(H,32,34). The van der Waals surface area contributed by atoms with E-state index in [1.54, 1.807) is 6.92 Å². The van der Waals surface area contributed by atoms with E-state index in [0.29, 0.717) is 11.9 Å². The van der Waals surface area contributed by atoms with Crippen LogP contribution in [-0.2, 0) is 12.7 Å². The molecule has 0 aliphatic heterocycles. The zero-order valence-corrected chi connectivity index (χ0v) is 18.8. The minimum Gasteiger partial charge on any atom is -0.451 e. The Kier molecular flexibility index (Phi) is 6.75. The zero-order valence-electron chi connectivity index (χ0n) is 18.8. The molecular weight excluding hydrogens is 498 g/mol. The van der Waals surface area contributed by atoms with Gasteiger partial charge in [-0.3, -0.25) is 14.2 Å². The lowest BCUT2D eigenvalue weighted by Crippen LogP contribution is -2.27. The molecule has 0 fully saturated rings. The second-order valence-electron chi connectivity index (χ2n) is 7.71. The van der Waals surface area contributed by atoms with E-state index in [0.717, 1.165) is 16.7 Å². The number of hydrogen-bond donors (Lipinski definition) is 1. The summed E-state index contributed by atoms with van der Waals surface area (Å²) in [5.74, 6) is -1.88. The number of benzene rings is 2. The van der Waals surface area contributed by atoms with Crippen molar-refractivity contribution >= 4 is 0 Å². The fraction of sp³-hybridized carbons (Fsp3) is 0.125. The van der Waals surface area contributed by atoms with E-state index < -0.39 is 41.1 Å². The molecule has 9 nitrogen and oxygen atoms in total. The highest BCUT2D eigenvalue weighted by atomic mass is 19.4. The van der Waals surface area contributed by atoms with Gasteiger partial charge in [0.1, 0.15) is 17.3 Å². The van der Waals surface area contributed by atoms with E-state index in [-0.39, 0.29) is 28.5 Å². The van der Waals surface area contributed by atoms with Crippen LogP contribution in [0.15, 0.2) is 64.4 Å². The predicted molar refractivity (Wildman–Crippen MR) is 120 cm³/mol. The van der Waals surface area contributed by atoms with Crippen LogP contribution in [0.1, 0.15) is 22.5 Å². The highest BCUT2D eigenvalue weighted by Gasteiger charge is 2.38. The Bertz CT molecular complexity index is 1620. The topological polar surface area (TPSA) is 123 Å². The lowest BCUT2D eigenvalue weighted by atomic mass is 10.1. The Labute approximate surface area is 205 Å². The van der Waals surface area contributed by atoms with Gasteiger partial charge in [0.25, 0.3) is 5.56 Å². The van der Waals surface area contributed by atoms with Gasteiger partial charge in [-0.1, -0.05) is 0 Å². The van der Waals surface area contributed by atoms with Crippen LogP contribution in [0, 0.1) is 24.1 Å². The third kappa shape index (κ3) is 5.81. The van der Waals surface area contributed by atoms with E-state index in [9.17, 15) is 27.2 Å². The molecule has 0 saturated heterocycles. The summed E-state index contributed by atoms with van der Waals surface area (Å²) >= 11 is 0. The van der Waals surface area contributed by atoms with Crippen molar-refractivity contribution in [1.82, 2.24) is 19.7 Å². The molecule has 0 bridgehead atoms. The largest absolute Gasteiger partial charge is 0.451 e. The number of alkyl halides is 3. The fourth-order valence-corrected chi connectivity index (χ4v) is 3.25. The van der Waals surface area contributed by atoms with Gasteiger partial charge in [-0.25, -0.2) is 14.5 Å². The lowest BCUT2D eigenvalue weighted by molar-refractivity contribution is -0.142. The van der Waals surface area contributed by atoms with Crippen LogP contribution in [0.4, 0.5) is 17.6 Å². The van der Waals surface area contributed by atoms with Crippen molar-refractivity contribution in [3.8, 4) is 29.1 Å². The van der Waals surface area contributed by atoms with Crippen LogP contribution in [0.5, 0.6) is 23.0 Å². The molecule has 0 unspecified atom stereocenters. The first-order chi connectivity index (χ1) is 17.5. The predicted octanol–water partition coefficient (Wildman–Crippen LogP) is 4.30. The molecule has 0 aliphatic rings. The van der Waals surface area contributed by atoms with E-state index >= 15 is 0 Å². The molecule has 0 saturated carbocycles. The number of aryl methyl sites for hydroxylation is 1. The molecule has 13 heteroatoms. The maximum absolute atomic E-state index is 13.6. The van der Waals surface area contributed by atoms with Gasteiger partial charge in [-0.2, -0.15) is 23.5 Å². The fourth-order valence-electron chi connectivity index (χ4n) is 3.25. The first-order valence-electron chi connectivity index (χ1n) is 10.4. The van der Waals surface area contributed by atoms with Crippen molar-refractivity contribution < 1.29 is 27.0 Å². The van der Waals surface area contributed by atoms with Crippen LogP contribution in [0.2, 0.25) is 0 Å². The maximum atomic E-state index is 13.6. The summed E-state index contributed by atoms with van der Waals surface area (Å²) in [4.78, 5) is 28.5. The first-order valence-corrected chi connectivity index (χ1v) is 10.4. The van der Waals surface area contributed by atoms with Crippen molar-refractivity contribution in [1.29, 1.82) is 5.26 Å². The lowest BCUT2D eigenvalue weighted by Gasteiger charge is -2.15. The molecule has 2 aromatic carbocycles. The van der Waals surface area contributed by atoms with Gasteiger partial charge in [0.15, 0.2) is 11.4 Å². The third-order valence-corrected chi connectivity index (χ3v) is 4.86. The number of nitrogens with zero attached hydrogens (tertiary/aromatic N) is 4. The average molecular weight is 513 g/mol. The number of aromatic amines is 1. The molecular formula is C24H15F4N5O4. The van der Waals surface area contributed by atoms with E-state index in [1.165, 1.54) is 36.4 Å². The van der Waals surface area contributed by atoms with Crippen LogP contribution >= 0.6 is 0 Å². The summed E-state index contributed by atoms with van der Waals surface area (Å²) in [6.07, 6.45) is -4.34. The first kappa shape index (κ1) is 25.1. The Hall–Kier alpha value is -4.99. The smallest absolute Gasteiger partial charge is 0.437 e. The molecule has 0 spiro atoms. The number of aromatic nitrogens is 4. The van der Waals surface area contributed by atoms with Gasteiger partial charge in [0.2, 0.25) is 5.75 Å². The Morgan fingerprint density at radius 3 is 2.46 bits per heavy atom. The molecule has 0 amide bonds. The molecule has 188 valence electrons. The summed E-state index contributed by atoms with van der Waals surface area (Å²) in [6, 6.07) is 11.9. The minimum absolute atomic E-state index is 0.0358. The van der Waals surface area contributed by atoms with Crippen LogP contribution in [-0.4, -0.2) is 19.7 Å². The van der Waals surface area contributed by atoms with Crippen molar-refractivity contribution in [2.24, 2.45) is 0 Å². The number of H-pyrrole nitrogens is 1. The van der Waals surface area contributed by atoms with Crippen molar-refractivity contribution in [2.45, 2.75) is 19.6 Å². The number of hydrogen-bond acceptors (Lipinski definition) is 7. The summed E-state index contributed by atoms with van der Waals surface area (Å²) in [7, 11) is 0. The molecule has 0 atom stereocenters. The number of halogens is 4. The number of nitriles is 1. The van der Waals surface area contributed by atoms with Crippen LogP contribution in [0.3, 0.4) is 0 Å². The molecule has 2 aromatic heterocycles. The number of nitrogens with one attached hydrogen (secondary N) is 1. The molecule has 37 heavy (non-hydrogen) atoms. The van der Waals surface area contributed by atoms with Gasteiger partial charge in [-0.15, -0.1) is 0 Å². The van der Waals surface area contributed by atoms with Crippen molar-refractivity contribution in [3.63, 3.8) is 0 Å². The van der Waals surface area contributed by atoms with Crippen molar-refractivity contribution in [2.75, 3.05) is 0 Å². The molecule has 1 N–H and O–H groups in total. The monoisotopic (exact) mass is 513 g/mol. The van der Waals surface area contributed by atoms with E-state index in [4.69, 9.17) is 14.7 Å². The van der Waals surface area contributed by atoms with E-state index in [1.807, 2.05) is 6.07 Å². The van der Waals surface area contributed by atoms with Gasteiger partial charge in [-0.05, 0) is 55.0 Å². The molecule has 0 radical (unpaired) electrons. The Morgan fingerprint density at radius 2 is 1.78 bits per heavy atom. The third-order valence-electron chi connectivity index (χ3n) is 4.86. The van der Waals surface area contributed by atoms with E-state index in [2.05, 4.69) is 15.2 Å². The van der Waals surface area contributed by atoms with Crippen molar-refractivity contribution in [3.05, 3.63) is 104 Å². The highest BCUT2D eigenvalue weighted by Crippen LogP contribution is 2.34. The average Bonchev–Trinajstić information content (AvgIpc) is 2.84. The molecule has 4 aromatic rings. The van der Waals surface area contributed by atoms with Crippen LogP contribution in [0.25, 0.3) is 0 Å². The quantitative estimate of drug-likeness (QED) is 0.382. The molecule has 0 aliphatic carbocycles. The number of rotatable bonds is 6. The highest BCUT2D eigenvalue weighted by molar-refractivity contribution is 5.43. The molecule has 4 rings (SSSR count). The van der Waals surface area contributed by atoms with Crippen LogP contribution < -0.4 is 20.6 Å². The Balaban J connectivity index is 1.70. The SMILES string of the molecule is Cc1cc(C#N)cc(Oc2c(C(F)(F)F)ncn(Cc3cc(Oc4ccc(F)cc4)c(=O)[nH]n3)c2=O)c1. The summed E-state index contributed by atoms with van der Waals surface area (Å²) in [5, 5.41) is 15.1. The molecule has 2 heterocycles. The summed E-state index contributed by atoms with van der Waals surface area (Å²) in [6.45, 7) is 1.20. The maximum Gasteiger partial charge on any atom is 0.437 e. The van der Waals surface area contributed by atoms with Gasteiger partial charge in [0, 0.05) is 6.07 Å². The Morgan fingerprint density at radius 1 is 1.05 bits per heavy atom. The normalized spacial score (nSPS) is 11.1. The van der Waals surface area contributed by atoms with Gasteiger partial charge in [0.05, 0.1) is 30.2 Å². The minimum atomic E-state index is -5.01. The second-order valence-corrected chi connectivity index (χ2v) is 7.71. The summed E-state index contributed by atoms with van der Waals surface area (Å²) < 4.78 is 65.5. The summed E-state index contributed by atoms with van der Waals surface area (Å²) in [5.41, 5.74) is -2.78. The number of ether oxygens (including phenoxy) is 2. The second kappa shape index (κ2) is 9.94. The zero-order chi connectivity index (χ0) is 26.7. The van der Waals surface area contributed by atoms with Gasteiger partial charge < -0.3 is 9.47 Å².